The highest BCUT2D eigenvalue weighted by atomic mass is 16.5. The first-order valence-electron chi connectivity index (χ1n) is 9.20. The molecule has 2 aromatic rings. The van der Waals surface area contributed by atoms with Gasteiger partial charge in [-0.3, -0.25) is 4.79 Å². The third-order valence-electron chi connectivity index (χ3n) is 4.27. The molecule has 0 aliphatic heterocycles. The van der Waals surface area contributed by atoms with Crippen molar-refractivity contribution in [2.75, 3.05) is 5.32 Å². The van der Waals surface area contributed by atoms with Gasteiger partial charge in [0.1, 0.15) is 11.4 Å². The Hall–Kier alpha value is -2.63. The number of ether oxygens (including phenoxy) is 1. The Morgan fingerprint density at radius 2 is 1.92 bits per heavy atom. The largest absolute Gasteiger partial charge is 0.489 e. The number of anilines is 2. The minimum atomic E-state index is -0.142. The molecule has 3 rings (SSSR count). The number of carbonyl (C=O) groups is 1. The van der Waals surface area contributed by atoms with Crippen molar-refractivity contribution in [2.45, 2.75) is 58.6 Å². The van der Waals surface area contributed by atoms with Gasteiger partial charge >= 0.3 is 0 Å². The van der Waals surface area contributed by atoms with E-state index in [4.69, 9.17) is 4.74 Å². The third kappa shape index (κ3) is 4.71. The molecule has 0 unspecified atom stereocenters. The van der Waals surface area contributed by atoms with Crippen LogP contribution in [-0.4, -0.2) is 28.0 Å². The maximum atomic E-state index is 12.5. The second-order valence-corrected chi connectivity index (χ2v) is 6.96. The van der Waals surface area contributed by atoms with E-state index >= 15 is 0 Å². The van der Waals surface area contributed by atoms with Gasteiger partial charge in [0.2, 0.25) is 5.95 Å². The summed E-state index contributed by atoms with van der Waals surface area (Å²) in [6.07, 6.45) is 4.49. The van der Waals surface area contributed by atoms with Crippen LogP contribution in [0.5, 0.6) is 5.75 Å². The van der Waals surface area contributed by atoms with E-state index in [-0.39, 0.29) is 18.1 Å². The molecule has 1 fully saturated rings. The van der Waals surface area contributed by atoms with Crippen LogP contribution in [-0.2, 0) is 0 Å². The number of hydrogen-bond acceptors (Lipinski definition) is 5. The molecular weight excluding hydrogens is 328 g/mol. The summed E-state index contributed by atoms with van der Waals surface area (Å²) in [6, 6.07) is 9.60. The minimum absolute atomic E-state index is 0.0594. The first-order chi connectivity index (χ1) is 12.5. The molecule has 26 heavy (non-hydrogen) atoms. The van der Waals surface area contributed by atoms with Crippen molar-refractivity contribution < 1.29 is 9.53 Å². The van der Waals surface area contributed by atoms with E-state index in [1.165, 1.54) is 12.8 Å². The highest BCUT2D eigenvalue weighted by Gasteiger charge is 2.19. The van der Waals surface area contributed by atoms with E-state index in [0.717, 1.165) is 30.0 Å². The molecule has 1 aromatic heterocycles. The van der Waals surface area contributed by atoms with E-state index < -0.39 is 0 Å². The van der Waals surface area contributed by atoms with Crippen molar-refractivity contribution in [3.05, 3.63) is 41.7 Å². The average molecular weight is 354 g/mol. The Balaban J connectivity index is 1.78. The summed E-state index contributed by atoms with van der Waals surface area (Å²) in [4.78, 5) is 21.3. The van der Waals surface area contributed by atoms with Crippen LogP contribution in [0.25, 0.3) is 0 Å². The van der Waals surface area contributed by atoms with Crippen molar-refractivity contribution in [3.63, 3.8) is 0 Å². The third-order valence-corrected chi connectivity index (χ3v) is 4.27. The van der Waals surface area contributed by atoms with Gasteiger partial charge < -0.3 is 15.4 Å². The number of aromatic nitrogens is 2. The molecule has 6 heteroatoms. The number of hydrogen-bond donors (Lipinski definition) is 2. The molecule has 0 radical (unpaired) electrons. The number of rotatable bonds is 6. The zero-order chi connectivity index (χ0) is 18.5. The fraction of sp³-hybridized carbons (Fsp3) is 0.450. The quantitative estimate of drug-likeness (QED) is 0.820. The summed E-state index contributed by atoms with van der Waals surface area (Å²) >= 11 is 0. The van der Waals surface area contributed by atoms with Gasteiger partial charge in [0.25, 0.3) is 5.91 Å². The first kappa shape index (κ1) is 18.2. The van der Waals surface area contributed by atoms with E-state index in [2.05, 4.69) is 20.6 Å². The lowest BCUT2D eigenvalue weighted by atomic mass is 10.2. The predicted molar refractivity (Wildman–Crippen MR) is 102 cm³/mol. The van der Waals surface area contributed by atoms with Gasteiger partial charge in [0.15, 0.2) is 0 Å². The zero-order valence-corrected chi connectivity index (χ0v) is 15.6. The van der Waals surface area contributed by atoms with Crippen molar-refractivity contribution >= 4 is 17.5 Å². The lowest BCUT2D eigenvalue weighted by Crippen LogP contribution is -2.33. The Morgan fingerprint density at radius 3 is 2.65 bits per heavy atom. The Labute approximate surface area is 154 Å². The van der Waals surface area contributed by atoms with E-state index in [9.17, 15) is 4.79 Å². The van der Waals surface area contributed by atoms with Gasteiger partial charge in [-0.1, -0.05) is 25.0 Å². The first-order valence-corrected chi connectivity index (χ1v) is 9.20. The summed E-state index contributed by atoms with van der Waals surface area (Å²) in [6.45, 7) is 5.81. The highest BCUT2D eigenvalue weighted by molar-refractivity contribution is 5.93. The highest BCUT2D eigenvalue weighted by Crippen LogP contribution is 2.27. The number of aryl methyl sites for hydroxylation is 1. The SMILES string of the molecule is Cc1cc(C(=O)NC2CCCC2)nc(Nc2ccccc2OC(C)C)n1. The summed E-state index contributed by atoms with van der Waals surface area (Å²) in [5.74, 6) is 0.975. The molecule has 6 nitrogen and oxygen atoms in total. The topological polar surface area (TPSA) is 76.1 Å². The van der Waals surface area contributed by atoms with Gasteiger partial charge in [-0.15, -0.1) is 0 Å². The van der Waals surface area contributed by atoms with E-state index in [1.807, 2.05) is 45.0 Å². The summed E-state index contributed by atoms with van der Waals surface area (Å²) in [5.41, 5.74) is 1.89. The molecular formula is C20H26N4O2. The maximum Gasteiger partial charge on any atom is 0.270 e. The smallest absolute Gasteiger partial charge is 0.270 e. The molecule has 1 aliphatic carbocycles. The molecule has 1 aromatic carbocycles. The molecule has 1 aliphatic rings. The number of benzene rings is 1. The van der Waals surface area contributed by atoms with Gasteiger partial charge in [-0.05, 0) is 51.8 Å². The molecule has 0 spiro atoms. The van der Waals surface area contributed by atoms with Crippen LogP contribution in [0.2, 0.25) is 0 Å². The number of amides is 1. The van der Waals surface area contributed by atoms with Gasteiger partial charge in [-0.2, -0.15) is 0 Å². The summed E-state index contributed by atoms with van der Waals surface area (Å²) in [7, 11) is 0. The molecule has 138 valence electrons. The normalized spacial score (nSPS) is 14.5. The van der Waals surface area contributed by atoms with Crippen LogP contribution in [0.1, 0.15) is 55.7 Å². The van der Waals surface area contributed by atoms with Crippen LogP contribution in [0.3, 0.4) is 0 Å². The number of para-hydroxylation sites is 2. The van der Waals surface area contributed by atoms with Crippen molar-refractivity contribution in [3.8, 4) is 5.75 Å². The lowest BCUT2D eigenvalue weighted by Gasteiger charge is -2.15. The van der Waals surface area contributed by atoms with Crippen LogP contribution in [0.15, 0.2) is 30.3 Å². The Bertz CT molecular complexity index is 770. The van der Waals surface area contributed by atoms with E-state index in [1.54, 1.807) is 6.07 Å². The molecule has 1 amide bonds. The van der Waals surface area contributed by atoms with E-state index in [0.29, 0.717) is 11.6 Å². The van der Waals surface area contributed by atoms with Crippen molar-refractivity contribution in [1.29, 1.82) is 0 Å². The molecule has 0 saturated heterocycles. The van der Waals surface area contributed by atoms with Crippen molar-refractivity contribution in [1.82, 2.24) is 15.3 Å². The summed E-state index contributed by atoms with van der Waals surface area (Å²) in [5, 5.41) is 6.25. The standard InChI is InChI=1S/C20H26N4O2/c1-13(2)26-18-11-7-6-10-16(18)23-20-21-14(3)12-17(24-20)19(25)22-15-8-4-5-9-15/h6-7,10-13,15H,4-5,8-9H2,1-3H3,(H,22,25)(H,21,23,24). The predicted octanol–water partition coefficient (Wildman–Crippen LogP) is 3.99. The number of nitrogens with one attached hydrogen (secondary N) is 2. The average Bonchev–Trinajstić information content (AvgIpc) is 3.08. The van der Waals surface area contributed by atoms with Gasteiger partial charge in [0, 0.05) is 11.7 Å². The fourth-order valence-electron chi connectivity index (χ4n) is 3.12. The Morgan fingerprint density at radius 1 is 1.19 bits per heavy atom. The molecule has 1 saturated carbocycles. The Kier molecular flexibility index (Phi) is 5.71. The number of carbonyl (C=O) groups excluding carboxylic acids is 1. The molecule has 1 heterocycles. The van der Waals surface area contributed by atoms with Crippen LogP contribution in [0.4, 0.5) is 11.6 Å². The van der Waals surface area contributed by atoms with Crippen LogP contribution in [0, 0.1) is 6.92 Å². The lowest BCUT2D eigenvalue weighted by molar-refractivity contribution is 0.0932. The van der Waals surface area contributed by atoms with Crippen molar-refractivity contribution in [2.24, 2.45) is 0 Å². The second-order valence-electron chi connectivity index (χ2n) is 6.96. The maximum absolute atomic E-state index is 12.5. The second kappa shape index (κ2) is 8.17. The van der Waals surface area contributed by atoms with Gasteiger partial charge in [0.05, 0.1) is 11.8 Å². The van der Waals surface area contributed by atoms with Crippen LogP contribution >= 0.6 is 0 Å². The zero-order valence-electron chi connectivity index (χ0n) is 15.6. The monoisotopic (exact) mass is 354 g/mol. The fourth-order valence-corrected chi connectivity index (χ4v) is 3.12. The number of nitrogens with zero attached hydrogens (tertiary/aromatic N) is 2. The minimum Gasteiger partial charge on any atom is -0.489 e. The summed E-state index contributed by atoms with van der Waals surface area (Å²) < 4.78 is 5.82. The molecule has 2 N–H and O–H groups in total. The molecule has 0 bridgehead atoms. The van der Waals surface area contributed by atoms with Crippen LogP contribution < -0.4 is 15.4 Å². The van der Waals surface area contributed by atoms with Gasteiger partial charge in [-0.25, -0.2) is 9.97 Å². The molecule has 0 atom stereocenters.